The number of hydrogen-bond acceptors (Lipinski definition) is 2. The van der Waals surface area contributed by atoms with Crippen LogP contribution in [0.15, 0.2) is 0 Å². The van der Waals surface area contributed by atoms with Crippen molar-refractivity contribution in [2.24, 2.45) is 5.73 Å². The smallest absolute Gasteiger partial charge is 0.0621 e. The Morgan fingerprint density at radius 3 is 2.00 bits per heavy atom. The zero-order valence-electron chi connectivity index (χ0n) is 6.77. The van der Waals surface area contributed by atoms with E-state index in [-0.39, 0.29) is 11.6 Å². The van der Waals surface area contributed by atoms with Gasteiger partial charge in [0, 0.05) is 6.04 Å². The number of ether oxygens (including phenoxy) is 1. The predicted molar refractivity (Wildman–Crippen MR) is 39.4 cm³/mol. The van der Waals surface area contributed by atoms with Gasteiger partial charge in [0.05, 0.1) is 12.2 Å². The molecule has 0 rings (SSSR count). The maximum absolute atomic E-state index is 5.47. The second-order valence-electron chi connectivity index (χ2n) is 3.40. The van der Waals surface area contributed by atoms with Crippen molar-refractivity contribution in [3.63, 3.8) is 0 Å². The SMILES string of the molecule is C[C@@H](N)COC(C)(C)C. The van der Waals surface area contributed by atoms with Gasteiger partial charge in [-0.15, -0.1) is 0 Å². The maximum Gasteiger partial charge on any atom is 0.0621 e. The summed E-state index contributed by atoms with van der Waals surface area (Å²) in [7, 11) is 0. The van der Waals surface area contributed by atoms with Gasteiger partial charge in [-0.05, 0) is 27.7 Å². The van der Waals surface area contributed by atoms with Crippen molar-refractivity contribution >= 4 is 0 Å². The molecule has 0 aliphatic carbocycles. The molecule has 0 aliphatic rings. The van der Waals surface area contributed by atoms with Crippen LogP contribution >= 0.6 is 0 Å². The van der Waals surface area contributed by atoms with E-state index in [0.717, 1.165) is 0 Å². The molecule has 0 saturated carbocycles. The Morgan fingerprint density at radius 1 is 1.44 bits per heavy atom. The fraction of sp³-hybridized carbons (Fsp3) is 1.00. The summed E-state index contributed by atoms with van der Waals surface area (Å²) >= 11 is 0. The highest BCUT2D eigenvalue weighted by molar-refractivity contribution is 4.60. The first kappa shape index (κ1) is 8.92. The summed E-state index contributed by atoms with van der Waals surface area (Å²) in [6, 6.07) is 0.143. The lowest BCUT2D eigenvalue weighted by molar-refractivity contribution is -0.00796. The third kappa shape index (κ3) is 7.92. The normalized spacial score (nSPS) is 15.7. The summed E-state index contributed by atoms with van der Waals surface area (Å²) in [6.07, 6.45) is 0. The van der Waals surface area contributed by atoms with Gasteiger partial charge in [-0.2, -0.15) is 0 Å². The standard InChI is InChI=1S/C7H17NO/c1-6(8)5-9-7(2,3)4/h6H,5,8H2,1-4H3/t6-/m1/s1. The van der Waals surface area contributed by atoms with Crippen molar-refractivity contribution in [3.05, 3.63) is 0 Å². The molecule has 2 N–H and O–H groups in total. The molecule has 0 bridgehead atoms. The van der Waals surface area contributed by atoms with Crippen molar-refractivity contribution in [1.29, 1.82) is 0 Å². The van der Waals surface area contributed by atoms with Gasteiger partial charge in [-0.1, -0.05) is 0 Å². The van der Waals surface area contributed by atoms with E-state index in [1.54, 1.807) is 0 Å². The molecule has 56 valence electrons. The van der Waals surface area contributed by atoms with Crippen LogP contribution in [-0.4, -0.2) is 18.2 Å². The first-order valence-corrected chi connectivity index (χ1v) is 3.31. The molecule has 1 atom stereocenters. The summed E-state index contributed by atoms with van der Waals surface area (Å²) in [4.78, 5) is 0. The van der Waals surface area contributed by atoms with E-state index in [2.05, 4.69) is 0 Å². The van der Waals surface area contributed by atoms with Crippen LogP contribution in [0.5, 0.6) is 0 Å². The molecule has 2 nitrogen and oxygen atoms in total. The third-order valence-corrected chi connectivity index (χ3v) is 0.779. The summed E-state index contributed by atoms with van der Waals surface area (Å²) in [5, 5.41) is 0. The average Bonchev–Trinajstić information content (AvgIpc) is 1.59. The van der Waals surface area contributed by atoms with Crippen LogP contribution in [-0.2, 0) is 4.74 Å². The van der Waals surface area contributed by atoms with Crippen LogP contribution in [0.25, 0.3) is 0 Å². The maximum atomic E-state index is 5.47. The Bertz CT molecular complexity index is 73.5. The highest BCUT2D eigenvalue weighted by atomic mass is 16.5. The Labute approximate surface area is 57.4 Å². The van der Waals surface area contributed by atoms with E-state index in [0.29, 0.717) is 6.61 Å². The van der Waals surface area contributed by atoms with Crippen molar-refractivity contribution in [3.8, 4) is 0 Å². The van der Waals surface area contributed by atoms with Gasteiger partial charge in [0.25, 0.3) is 0 Å². The Morgan fingerprint density at radius 2 is 1.89 bits per heavy atom. The van der Waals surface area contributed by atoms with Gasteiger partial charge >= 0.3 is 0 Å². The van der Waals surface area contributed by atoms with Gasteiger partial charge in [-0.25, -0.2) is 0 Å². The van der Waals surface area contributed by atoms with Gasteiger partial charge in [0.1, 0.15) is 0 Å². The van der Waals surface area contributed by atoms with Gasteiger partial charge < -0.3 is 10.5 Å². The topological polar surface area (TPSA) is 35.2 Å². The lowest BCUT2D eigenvalue weighted by Gasteiger charge is -2.20. The fourth-order valence-corrected chi connectivity index (χ4v) is 0.381. The third-order valence-electron chi connectivity index (χ3n) is 0.779. The molecule has 0 aromatic rings. The molecule has 0 radical (unpaired) electrons. The van der Waals surface area contributed by atoms with Crippen molar-refractivity contribution in [1.82, 2.24) is 0 Å². The molecule has 0 heterocycles. The predicted octanol–water partition coefficient (Wildman–Crippen LogP) is 1.15. The van der Waals surface area contributed by atoms with Gasteiger partial charge in [0.15, 0.2) is 0 Å². The molecule has 0 amide bonds. The fourth-order valence-electron chi connectivity index (χ4n) is 0.381. The van der Waals surface area contributed by atoms with Gasteiger partial charge in [0.2, 0.25) is 0 Å². The minimum atomic E-state index is -0.0480. The van der Waals surface area contributed by atoms with Gasteiger partial charge in [-0.3, -0.25) is 0 Å². The molecule has 9 heavy (non-hydrogen) atoms. The molecule has 0 aliphatic heterocycles. The minimum Gasteiger partial charge on any atom is -0.374 e. The first-order valence-electron chi connectivity index (χ1n) is 3.31. The lowest BCUT2D eigenvalue weighted by Crippen LogP contribution is -2.29. The van der Waals surface area contributed by atoms with Crippen LogP contribution < -0.4 is 5.73 Å². The zero-order valence-corrected chi connectivity index (χ0v) is 6.77. The van der Waals surface area contributed by atoms with E-state index >= 15 is 0 Å². The molecule has 0 fully saturated rings. The molecular formula is C7H17NO. The van der Waals surface area contributed by atoms with Crippen LogP contribution in [0, 0.1) is 0 Å². The number of rotatable bonds is 2. The van der Waals surface area contributed by atoms with Crippen LogP contribution in [0.2, 0.25) is 0 Å². The molecule has 2 heteroatoms. The Balaban J connectivity index is 3.28. The van der Waals surface area contributed by atoms with Crippen LogP contribution in [0.4, 0.5) is 0 Å². The van der Waals surface area contributed by atoms with E-state index in [9.17, 15) is 0 Å². The lowest BCUT2D eigenvalue weighted by atomic mass is 10.2. The molecule has 0 unspecified atom stereocenters. The summed E-state index contributed by atoms with van der Waals surface area (Å²) in [5.41, 5.74) is 5.43. The van der Waals surface area contributed by atoms with E-state index < -0.39 is 0 Å². The largest absolute Gasteiger partial charge is 0.374 e. The Hall–Kier alpha value is -0.0800. The highest BCUT2D eigenvalue weighted by Gasteiger charge is 2.09. The quantitative estimate of drug-likeness (QED) is 0.610. The van der Waals surface area contributed by atoms with E-state index in [4.69, 9.17) is 10.5 Å². The average molecular weight is 131 g/mol. The van der Waals surface area contributed by atoms with E-state index in [1.165, 1.54) is 0 Å². The van der Waals surface area contributed by atoms with Crippen LogP contribution in [0.3, 0.4) is 0 Å². The molecule has 0 aromatic heterocycles. The van der Waals surface area contributed by atoms with Crippen molar-refractivity contribution in [2.45, 2.75) is 39.3 Å². The second-order valence-corrected chi connectivity index (χ2v) is 3.40. The second kappa shape index (κ2) is 3.18. The highest BCUT2D eigenvalue weighted by Crippen LogP contribution is 2.05. The number of nitrogens with two attached hydrogens (primary N) is 1. The van der Waals surface area contributed by atoms with Crippen LogP contribution in [0.1, 0.15) is 27.7 Å². The Kier molecular flexibility index (Phi) is 3.15. The zero-order chi connectivity index (χ0) is 7.49. The number of hydrogen-bond donors (Lipinski definition) is 1. The molecule has 0 aromatic carbocycles. The summed E-state index contributed by atoms with van der Waals surface area (Å²) in [6.45, 7) is 8.65. The molecular weight excluding hydrogens is 114 g/mol. The first-order chi connectivity index (χ1) is 3.92. The minimum absolute atomic E-state index is 0.0480. The summed E-state index contributed by atoms with van der Waals surface area (Å²) < 4.78 is 5.37. The molecule has 0 saturated heterocycles. The van der Waals surface area contributed by atoms with E-state index in [1.807, 2.05) is 27.7 Å². The molecule has 0 spiro atoms. The van der Waals surface area contributed by atoms with Crippen molar-refractivity contribution < 1.29 is 4.74 Å². The monoisotopic (exact) mass is 131 g/mol. The van der Waals surface area contributed by atoms with Crippen molar-refractivity contribution in [2.75, 3.05) is 6.61 Å². The summed E-state index contributed by atoms with van der Waals surface area (Å²) in [5.74, 6) is 0.